The fraction of sp³-hybridized carbons (Fsp3) is 0.727. The molecule has 0 amide bonds. The number of carboxylic acid groups (broad SMARTS) is 1. The van der Waals surface area contributed by atoms with Crippen LogP contribution < -0.4 is 0 Å². The molecule has 1 aromatic rings. The lowest BCUT2D eigenvalue weighted by Crippen LogP contribution is -2.29. The highest BCUT2D eigenvalue weighted by atomic mass is 16.5. The van der Waals surface area contributed by atoms with Crippen LogP contribution in [0.25, 0.3) is 0 Å². The number of aromatic nitrogens is 2. The molecular formula is C11H19N3O3. The van der Waals surface area contributed by atoms with Crippen molar-refractivity contribution < 1.29 is 14.4 Å². The third-order valence-corrected chi connectivity index (χ3v) is 2.27. The predicted molar refractivity (Wildman–Crippen MR) is 61.4 cm³/mol. The minimum atomic E-state index is -0.853. The Balaban J connectivity index is 2.54. The molecule has 0 aliphatic heterocycles. The minimum Gasteiger partial charge on any atom is -0.480 e. The van der Waals surface area contributed by atoms with Gasteiger partial charge in [-0.2, -0.15) is 4.98 Å². The van der Waals surface area contributed by atoms with Crippen LogP contribution in [0.3, 0.4) is 0 Å². The Morgan fingerprint density at radius 3 is 2.76 bits per heavy atom. The van der Waals surface area contributed by atoms with Gasteiger partial charge in [-0.05, 0) is 12.5 Å². The van der Waals surface area contributed by atoms with E-state index in [2.05, 4.69) is 24.0 Å². The highest BCUT2D eigenvalue weighted by molar-refractivity contribution is 5.69. The summed E-state index contributed by atoms with van der Waals surface area (Å²) in [6, 6.07) is 0. The second-order valence-corrected chi connectivity index (χ2v) is 4.40. The number of hydrogen-bond acceptors (Lipinski definition) is 5. The van der Waals surface area contributed by atoms with Crippen molar-refractivity contribution >= 4 is 5.97 Å². The van der Waals surface area contributed by atoms with E-state index in [-0.39, 0.29) is 6.54 Å². The molecule has 96 valence electrons. The average molecular weight is 241 g/mol. The van der Waals surface area contributed by atoms with Gasteiger partial charge in [-0.25, -0.2) is 0 Å². The molecule has 0 fully saturated rings. The van der Waals surface area contributed by atoms with Crippen LogP contribution in [-0.4, -0.2) is 39.2 Å². The van der Waals surface area contributed by atoms with E-state index in [0.717, 1.165) is 6.42 Å². The van der Waals surface area contributed by atoms with E-state index in [1.807, 2.05) is 6.92 Å². The summed E-state index contributed by atoms with van der Waals surface area (Å²) in [5, 5.41) is 12.6. The third-order valence-electron chi connectivity index (χ3n) is 2.27. The molecule has 0 saturated carbocycles. The average Bonchev–Trinajstić information content (AvgIpc) is 2.62. The van der Waals surface area contributed by atoms with Gasteiger partial charge in [0.2, 0.25) is 5.89 Å². The van der Waals surface area contributed by atoms with Crippen molar-refractivity contribution in [1.29, 1.82) is 0 Å². The number of rotatable bonds is 7. The number of hydrogen-bond donors (Lipinski definition) is 1. The molecule has 1 aromatic heterocycles. The second-order valence-electron chi connectivity index (χ2n) is 4.40. The van der Waals surface area contributed by atoms with Gasteiger partial charge in [0.05, 0.1) is 13.1 Å². The van der Waals surface area contributed by atoms with Gasteiger partial charge in [0, 0.05) is 6.42 Å². The molecule has 17 heavy (non-hydrogen) atoms. The van der Waals surface area contributed by atoms with Crippen molar-refractivity contribution in [2.24, 2.45) is 5.92 Å². The number of likely N-dealkylation sites (N-methyl/N-ethyl adjacent to an activating group) is 1. The Kier molecular flexibility index (Phi) is 5.09. The molecule has 0 aliphatic rings. The lowest BCUT2D eigenvalue weighted by molar-refractivity contribution is -0.138. The molecule has 0 aromatic carbocycles. The summed E-state index contributed by atoms with van der Waals surface area (Å²) in [6.07, 6.45) is 0.772. The maximum absolute atomic E-state index is 10.6. The van der Waals surface area contributed by atoms with E-state index in [9.17, 15) is 4.79 Å². The first-order valence-electron chi connectivity index (χ1n) is 5.76. The van der Waals surface area contributed by atoms with Gasteiger partial charge in [0.25, 0.3) is 0 Å². The number of nitrogens with zero attached hydrogens (tertiary/aromatic N) is 3. The van der Waals surface area contributed by atoms with E-state index < -0.39 is 5.97 Å². The van der Waals surface area contributed by atoms with E-state index in [1.165, 1.54) is 0 Å². The summed E-state index contributed by atoms with van der Waals surface area (Å²) < 4.78 is 5.08. The fourth-order valence-corrected chi connectivity index (χ4v) is 1.46. The van der Waals surface area contributed by atoms with Crippen molar-refractivity contribution in [2.75, 3.05) is 13.1 Å². The molecule has 6 nitrogen and oxygen atoms in total. The molecule has 0 saturated heterocycles. The largest absolute Gasteiger partial charge is 0.480 e. The molecule has 0 unspecified atom stereocenters. The monoisotopic (exact) mass is 241 g/mol. The Morgan fingerprint density at radius 1 is 1.53 bits per heavy atom. The number of carboxylic acids is 1. The van der Waals surface area contributed by atoms with Gasteiger partial charge in [-0.3, -0.25) is 9.69 Å². The second kappa shape index (κ2) is 6.34. The third kappa shape index (κ3) is 4.95. The molecule has 0 atom stereocenters. The summed E-state index contributed by atoms with van der Waals surface area (Å²) in [5.41, 5.74) is 0. The van der Waals surface area contributed by atoms with Crippen molar-refractivity contribution in [2.45, 2.75) is 33.7 Å². The van der Waals surface area contributed by atoms with E-state index in [0.29, 0.717) is 30.7 Å². The van der Waals surface area contributed by atoms with Gasteiger partial charge in [0.1, 0.15) is 0 Å². The quantitative estimate of drug-likeness (QED) is 0.772. The van der Waals surface area contributed by atoms with Crippen LogP contribution in [0.1, 0.15) is 32.5 Å². The van der Waals surface area contributed by atoms with Crippen LogP contribution in [0.15, 0.2) is 4.52 Å². The SMILES string of the molecule is CCN(CC(=O)O)Cc1nc(CC(C)C)no1. The van der Waals surface area contributed by atoms with E-state index >= 15 is 0 Å². The van der Waals surface area contributed by atoms with Crippen LogP contribution in [-0.2, 0) is 17.8 Å². The van der Waals surface area contributed by atoms with Gasteiger partial charge >= 0.3 is 5.97 Å². The summed E-state index contributed by atoms with van der Waals surface area (Å²) in [5.74, 6) is 0.778. The first kappa shape index (κ1) is 13.6. The maximum atomic E-state index is 10.6. The predicted octanol–water partition coefficient (Wildman–Crippen LogP) is 1.17. The lowest BCUT2D eigenvalue weighted by atomic mass is 10.1. The highest BCUT2D eigenvalue weighted by Crippen LogP contribution is 2.06. The fourth-order valence-electron chi connectivity index (χ4n) is 1.46. The highest BCUT2D eigenvalue weighted by Gasteiger charge is 2.13. The summed E-state index contributed by atoms with van der Waals surface area (Å²) in [7, 11) is 0. The van der Waals surface area contributed by atoms with Crippen LogP contribution in [0, 0.1) is 5.92 Å². The number of carbonyl (C=O) groups is 1. The number of aliphatic carboxylic acids is 1. The van der Waals surface area contributed by atoms with Crippen molar-refractivity contribution in [1.82, 2.24) is 15.0 Å². The standard InChI is InChI=1S/C11H19N3O3/c1-4-14(7-11(15)16)6-10-12-9(13-17-10)5-8(2)3/h8H,4-7H2,1-3H3,(H,15,16). The van der Waals surface area contributed by atoms with Gasteiger partial charge < -0.3 is 9.63 Å². The van der Waals surface area contributed by atoms with Crippen LogP contribution in [0.2, 0.25) is 0 Å². The molecule has 6 heteroatoms. The first-order valence-corrected chi connectivity index (χ1v) is 5.76. The van der Waals surface area contributed by atoms with Crippen molar-refractivity contribution in [3.63, 3.8) is 0 Å². The Morgan fingerprint density at radius 2 is 2.24 bits per heavy atom. The first-order chi connectivity index (χ1) is 8.01. The van der Waals surface area contributed by atoms with Crippen molar-refractivity contribution in [3.8, 4) is 0 Å². The molecule has 0 aliphatic carbocycles. The van der Waals surface area contributed by atoms with Crippen LogP contribution >= 0.6 is 0 Å². The maximum Gasteiger partial charge on any atom is 0.317 e. The Labute approximate surface area is 101 Å². The molecule has 0 bridgehead atoms. The van der Waals surface area contributed by atoms with Gasteiger partial charge in [0.15, 0.2) is 5.82 Å². The molecule has 0 spiro atoms. The zero-order valence-electron chi connectivity index (χ0n) is 10.5. The molecule has 1 rings (SSSR count). The van der Waals surface area contributed by atoms with E-state index in [4.69, 9.17) is 9.63 Å². The normalized spacial score (nSPS) is 11.4. The minimum absolute atomic E-state index is 0.0155. The van der Waals surface area contributed by atoms with Gasteiger partial charge in [-0.1, -0.05) is 25.9 Å². The zero-order valence-corrected chi connectivity index (χ0v) is 10.5. The summed E-state index contributed by atoms with van der Waals surface area (Å²) >= 11 is 0. The lowest BCUT2D eigenvalue weighted by Gasteiger charge is -2.14. The Hall–Kier alpha value is -1.43. The van der Waals surface area contributed by atoms with Crippen LogP contribution in [0.4, 0.5) is 0 Å². The Bertz CT molecular complexity index is 363. The topological polar surface area (TPSA) is 79.5 Å². The van der Waals surface area contributed by atoms with Gasteiger partial charge in [-0.15, -0.1) is 0 Å². The smallest absolute Gasteiger partial charge is 0.317 e. The summed E-state index contributed by atoms with van der Waals surface area (Å²) in [6.45, 7) is 7.06. The molecule has 1 heterocycles. The molecular weight excluding hydrogens is 222 g/mol. The van der Waals surface area contributed by atoms with Crippen molar-refractivity contribution in [3.05, 3.63) is 11.7 Å². The molecule has 1 N–H and O–H groups in total. The zero-order chi connectivity index (χ0) is 12.8. The molecule has 0 radical (unpaired) electrons. The van der Waals surface area contributed by atoms with E-state index in [1.54, 1.807) is 4.90 Å². The summed E-state index contributed by atoms with van der Waals surface area (Å²) in [4.78, 5) is 16.6. The van der Waals surface area contributed by atoms with Crippen LogP contribution in [0.5, 0.6) is 0 Å².